The summed E-state index contributed by atoms with van der Waals surface area (Å²) in [5.74, 6) is -12.8. The summed E-state index contributed by atoms with van der Waals surface area (Å²) in [6.45, 7) is 1.16. The fraction of sp³-hybridized carbons (Fsp3) is 0.385. The van der Waals surface area contributed by atoms with E-state index in [2.05, 4.69) is 5.32 Å². The maximum atomic E-state index is 13.3. The first-order valence-corrected chi connectivity index (χ1v) is 6.40. The lowest BCUT2D eigenvalue weighted by atomic mass is 10.2. The van der Waals surface area contributed by atoms with Gasteiger partial charge in [-0.1, -0.05) is 0 Å². The lowest BCUT2D eigenvalue weighted by Gasteiger charge is -2.11. The van der Waals surface area contributed by atoms with Crippen LogP contribution in [0.3, 0.4) is 0 Å². The SMILES string of the molecule is CC(CO)NC(=O)CCC(=O)Nc1c(F)c(F)c(F)c(F)c1F. The predicted molar refractivity (Wildman–Crippen MR) is 68.8 cm³/mol. The van der Waals surface area contributed by atoms with E-state index >= 15 is 0 Å². The van der Waals surface area contributed by atoms with Gasteiger partial charge in [0, 0.05) is 18.9 Å². The summed E-state index contributed by atoms with van der Waals surface area (Å²) in [4.78, 5) is 22.8. The summed E-state index contributed by atoms with van der Waals surface area (Å²) < 4.78 is 65.4. The molecule has 128 valence electrons. The Bertz CT molecular complexity index is 595. The van der Waals surface area contributed by atoms with Gasteiger partial charge in [-0.3, -0.25) is 9.59 Å². The van der Waals surface area contributed by atoms with Gasteiger partial charge in [0.2, 0.25) is 17.6 Å². The third-order valence-electron chi connectivity index (χ3n) is 2.73. The molecule has 23 heavy (non-hydrogen) atoms. The van der Waals surface area contributed by atoms with Crippen LogP contribution in [0.15, 0.2) is 0 Å². The second-order valence-corrected chi connectivity index (χ2v) is 4.64. The van der Waals surface area contributed by atoms with Crippen molar-refractivity contribution in [1.29, 1.82) is 0 Å². The minimum Gasteiger partial charge on any atom is -0.394 e. The van der Waals surface area contributed by atoms with E-state index in [0.717, 1.165) is 0 Å². The first kappa shape index (κ1) is 18.8. The van der Waals surface area contributed by atoms with E-state index in [4.69, 9.17) is 5.11 Å². The monoisotopic (exact) mass is 340 g/mol. The molecule has 0 aliphatic heterocycles. The highest BCUT2D eigenvalue weighted by Crippen LogP contribution is 2.27. The van der Waals surface area contributed by atoms with Crippen LogP contribution in [0.2, 0.25) is 0 Å². The summed E-state index contributed by atoms with van der Waals surface area (Å²) in [7, 11) is 0. The number of hydrogen-bond acceptors (Lipinski definition) is 3. The van der Waals surface area contributed by atoms with Crippen LogP contribution in [0.5, 0.6) is 0 Å². The average Bonchev–Trinajstić information content (AvgIpc) is 2.53. The summed E-state index contributed by atoms with van der Waals surface area (Å²) in [6.07, 6.45) is -0.949. The van der Waals surface area contributed by atoms with Gasteiger partial charge in [-0.15, -0.1) is 0 Å². The van der Waals surface area contributed by atoms with Crippen LogP contribution in [0.4, 0.5) is 27.6 Å². The minimum absolute atomic E-state index is 0.331. The molecule has 0 aliphatic rings. The molecule has 1 rings (SSSR count). The summed E-state index contributed by atoms with van der Waals surface area (Å²) in [5.41, 5.74) is -1.48. The van der Waals surface area contributed by atoms with Crippen molar-refractivity contribution in [3.63, 3.8) is 0 Å². The van der Waals surface area contributed by atoms with Gasteiger partial charge in [-0.05, 0) is 6.92 Å². The van der Waals surface area contributed by atoms with Crippen molar-refractivity contribution in [1.82, 2.24) is 5.32 Å². The largest absolute Gasteiger partial charge is 0.394 e. The number of aliphatic hydroxyl groups is 1. The first-order chi connectivity index (χ1) is 10.7. The van der Waals surface area contributed by atoms with Crippen LogP contribution in [-0.2, 0) is 9.59 Å². The van der Waals surface area contributed by atoms with Crippen LogP contribution in [0.1, 0.15) is 19.8 Å². The Morgan fingerprint density at radius 3 is 1.83 bits per heavy atom. The Morgan fingerprint density at radius 2 is 1.35 bits per heavy atom. The van der Waals surface area contributed by atoms with Gasteiger partial charge in [0.15, 0.2) is 23.3 Å². The molecule has 0 saturated carbocycles. The minimum atomic E-state index is -2.34. The number of anilines is 1. The highest BCUT2D eigenvalue weighted by atomic mass is 19.2. The molecule has 0 saturated heterocycles. The molecule has 1 aromatic rings. The molecule has 1 unspecified atom stereocenters. The van der Waals surface area contributed by atoms with Crippen LogP contribution in [0, 0.1) is 29.1 Å². The Hall–Kier alpha value is -2.23. The lowest BCUT2D eigenvalue weighted by molar-refractivity contribution is -0.125. The highest BCUT2D eigenvalue weighted by Gasteiger charge is 2.26. The van der Waals surface area contributed by atoms with Crippen molar-refractivity contribution in [2.45, 2.75) is 25.8 Å². The number of hydrogen-bond donors (Lipinski definition) is 3. The second kappa shape index (κ2) is 7.86. The molecule has 1 atom stereocenters. The molecule has 0 bridgehead atoms. The van der Waals surface area contributed by atoms with Gasteiger partial charge in [0.1, 0.15) is 5.69 Å². The van der Waals surface area contributed by atoms with Crippen LogP contribution >= 0.6 is 0 Å². The van der Waals surface area contributed by atoms with Crippen LogP contribution < -0.4 is 10.6 Å². The van der Waals surface area contributed by atoms with E-state index in [1.54, 1.807) is 5.32 Å². The lowest BCUT2D eigenvalue weighted by Crippen LogP contribution is -2.35. The standard InChI is InChI=1S/C13H13F5N2O3/c1-5(4-21)19-6(22)2-3-7(23)20-13-11(17)9(15)8(14)10(16)12(13)18/h5,21H,2-4H2,1H3,(H,19,22)(H,20,23). The normalized spacial score (nSPS) is 12.0. The van der Waals surface area contributed by atoms with Crippen molar-refractivity contribution in [2.75, 3.05) is 11.9 Å². The van der Waals surface area contributed by atoms with E-state index in [0.29, 0.717) is 0 Å². The van der Waals surface area contributed by atoms with Gasteiger partial charge in [0.25, 0.3) is 0 Å². The average molecular weight is 340 g/mol. The number of halogens is 5. The summed E-state index contributed by atoms with van der Waals surface area (Å²) >= 11 is 0. The molecular weight excluding hydrogens is 327 g/mol. The van der Waals surface area contributed by atoms with Crippen molar-refractivity contribution >= 4 is 17.5 Å². The number of carbonyl (C=O) groups excluding carboxylic acids is 2. The third-order valence-corrected chi connectivity index (χ3v) is 2.73. The molecule has 3 N–H and O–H groups in total. The number of aliphatic hydroxyl groups excluding tert-OH is 1. The number of benzene rings is 1. The van der Waals surface area contributed by atoms with Gasteiger partial charge >= 0.3 is 0 Å². The first-order valence-electron chi connectivity index (χ1n) is 6.40. The molecule has 0 aromatic heterocycles. The quantitative estimate of drug-likeness (QED) is 0.418. The summed E-state index contributed by atoms with van der Waals surface area (Å²) in [5, 5.41) is 12.6. The van der Waals surface area contributed by atoms with Crippen LogP contribution in [-0.4, -0.2) is 29.6 Å². The Morgan fingerprint density at radius 1 is 0.913 bits per heavy atom. The molecule has 0 radical (unpaired) electrons. The number of carbonyl (C=O) groups is 2. The van der Waals surface area contributed by atoms with Gasteiger partial charge in [-0.2, -0.15) is 0 Å². The fourth-order valence-corrected chi connectivity index (χ4v) is 1.54. The molecule has 5 nitrogen and oxygen atoms in total. The molecule has 2 amide bonds. The zero-order valence-corrected chi connectivity index (χ0v) is 11.9. The number of amides is 2. The zero-order chi connectivity index (χ0) is 17.7. The van der Waals surface area contributed by atoms with E-state index in [9.17, 15) is 31.5 Å². The Balaban J connectivity index is 2.74. The number of rotatable bonds is 6. The molecule has 10 heteroatoms. The van der Waals surface area contributed by atoms with Crippen molar-refractivity contribution < 1.29 is 36.6 Å². The van der Waals surface area contributed by atoms with Gasteiger partial charge in [0.05, 0.1) is 6.61 Å². The van der Waals surface area contributed by atoms with E-state index < -0.39 is 65.5 Å². The van der Waals surface area contributed by atoms with E-state index in [-0.39, 0.29) is 6.61 Å². The van der Waals surface area contributed by atoms with Gasteiger partial charge < -0.3 is 15.7 Å². The molecule has 0 heterocycles. The maximum Gasteiger partial charge on any atom is 0.225 e. The van der Waals surface area contributed by atoms with Crippen molar-refractivity contribution in [2.24, 2.45) is 0 Å². The molecule has 1 aromatic carbocycles. The molecular formula is C13H13F5N2O3. The van der Waals surface area contributed by atoms with Crippen molar-refractivity contribution in [3.8, 4) is 0 Å². The van der Waals surface area contributed by atoms with E-state index in [1.165, 1.54) is 6.92 Å². The zero-order valence-electron chi connectivity index (χ0n) is 11.9. The van der Waals surface area contributed by atoms with E-state index in [1.807, 2.05) is 0 Å². The van der Waals surface area contributed by atoms with Crippen LogP contribution in [0.25, 0.3) is 0 Å². The topological polar surface area (TPSA) is 78.4 Å². The molecule has 0 spiro atoms. The maximum absolute atomic E-state index is 13.3. The second-order valence-electron chi connectivity index (χ2n) is 4.64. The van der Waals surface area contributed by atoms with Gasteiger partial charge in [-0.25, -0.2) is 22.0 Å². The Labute approximate surface area is 127 Å². The Kier molecular flexibility index (Phi) is 6.43. The highest BCUT2D eigenvalue weighted by molar-refractivity contribution is 5.93. The van der Waals surface area contributed by atoms with Crippen molar-refractivity contribution in [3.05, 3.63) is 29.1 Å². The predicted octanol–water partition coefficient (Wildman–Crippen LogP) is 1.60. The number of nitrogens with one attached hydrogen (secondary N) is 2. The molecule has 0 fully saturated rings. The molecule has 0 aliphatic carbocycles. The third kappa shape index (κ3) is 4.62. The smallest absolute Gasteiger partial charge is 0.225 e. The fourth-order valence-electron chi connectivity index (χ4n) is 1.54. The summed E-state index contributed by atoms with van der Waals surface area (Å²) in [6, 6.07) is -0.555.